The highest BCUT2D eigenvalue weighted by molar-refractivity contribution is 5.74. The summed E-state index contributed by atoms with van der Waals surface area (Å²) in [5.74, 6) is 1.35. The van der Waals surface area contributed by atoms with Crippen LogP contribution in [-0.4, -0.2) is 4.98 Å². The van der Waals surface area contributed by atoms with Gasteiger partial charge < -0.3 is 4.42 Å². The van der Waals surface area contributed by atoms with E-state index in [1.807, 2.05) is 6.07 Å². The van der Waals surface area contributed by atoms with Crippen LogP contribution in [0, 0.1) is 11.3 Å². The Balaban J connectivity index is 2.18. The molecule has 0 N–H and O–H groups in total. The molecule has 0 spiro atoms. The third-order valence-electron chi connectivity index (χ3n) is 2.46. The van der Waals surface area contributed by atoms with Gasteiger partial charge in [0.1, 0.15) is 5.52 Å². The monoisotopic (exact) mass is 184 g/mol. The van der Waals surface area contributed by atoms with Gasteiger partial charge in [0, 0.05) is 5.92 Å². The number of benzene rings is 1. The van der Waals surface area contributed by atoms with Crippen molar-refractivity contribution in [1.29, 1.82) is 5.26 Å². The number of hydrogen-bond donors (Lipinski definition) is 0. The number of aromatic nitrogens is 1. The van der Waals surface area contributed by atoms with Crippen molar-refractivity contribution in [3.63, 3.8) is 0 Å². The fourth-order valence-electron chi connectivity index (χ4n) is 1.52. The van der Waals surface area contributed by atoms with Crippen LogP contribution in [0.25, 0.3) is 11.1 Å². The van der Waals surface area contributed by atoms with Gasteiger partial charge in [-0.1, -0.05) is 0 Å². The first-order chi connectivity index (χ1) is 6.86. The Labute approximate surface area is 81.0 Å². The van der Waals surface area contributed by atoms with Gasteiger partial charge in [0.05, 0.1) is 11.6 Å². The first-order valence-electron chi connectivity index (χ1n) is 4.67. The minimum absolute atomic E-state index is 0.521. The van der Waals surface area contributed by atoms with Gasteiger partial charge in [0.2, 0.25) is 0 Å². The molecule has 14 heavy (non-hydrogen) atoms. The number of nitrogens with zero attached hydrogens (tertiary/aromatic N) is 2. The molecule has 3 heteroatoms. The van der Waals surface area contributed by atoms with E-state index in [9.17, 15) is 0 Å². The van der Waals surface area contributed by atoms with E-state index in [0.29, 0.717) is 11.5 Å². The van der Waals surface area contributed by atoms with Crippen LogP contribution < -0.4 is 0 Å². The van der Waals surface area contributed by atoms with Crippen LogP contribution >= 0.6 is 0 Å². The molecule has 1 aromatic carbocycles. The van der Waals surface area contributed by atoms with Gasteiger partial charge in [0.15, 0.2) is 11.5 Å². The Hall–Kier alpha value is -1.82. The second kappa shape index (κ2) is 2.58. The van der Waals surface area contributed by atoms with Crippen LogP contribution in [-0.2, 0) is 0 Å². The average molecular weight is 184 g/mol. The minimum atomic E-state index is 0.521. The summed E-state index contributed by atoms with van der Waals surface area (Å²) in [6.45, 7) is 0. The van der Waals surface area contributed by atoms with Crippen molar-refractivity contribution in [2.75, 3.05) is 0 Å². The van der Waals surface area contributed by atoms with Crippen molar-refractivity contribution < 1.29 is 4.42 Å². The van der Waals surface area contributed by atoms with Crippen molar-refractivity contribution in [3.8, 4) is 6.07 Å². The molecular formula is C11H8N2O. The second-order valence-corrected chi connectivity index (χ2v) is 3.62. The van der Waals surface area contributed by atoms with E-state index >= 15 is 0 Å². The van der Waals surface area contributed by atoms with E-state index in [1.165, 1.54) is 12.8 Å². The van der Waals surface area contributed by atoms with Crippen molar-refractivity contribution in [2.45, 2.75) is 18.8 Å². The predicted octanol–water partition coefficient (Wildman–Crippen LogP) is 2.58. The summed E-state index contributed by atoms with van der Waals surface area (Å²) in [5.41, 5.74) is 2.21. The zero-order valence-electron chi connectivity index (χ0n) is 7.53. The number of fused-ring (bicyclic) bond motifs is 1. The Morgan fingerprint density at radius 2 is 2.29 bits per heavy atom. The fraction of sp³-hybridized carbons (Fsp3) is 0.273. The van der Waals surface area contributed by atoms with Crippen LogP contribution in [0.1, 0.15) is 30.2 Å². The van der Waals surface area contributed by atoms with E-state index in [4.69, 9.17) is 9.68 Å². The summed E-state index contributed by atoms with van der Waals surface area (Å²) in [6, 6.07) is 7.43. The topological polar surface area (TPSA) is 49.8 Å². The minimum Gasteiger partial charge on any atom is -0.440 e. The number of nitriles is 1. The molecule has 1 heterocycles. The molecule has 3 nitrogen and oxygen atoms in total. The van der Waals surface area contributed by atoms with Crippen LogP contribution in [0.3, 0.4) is 0 Å². The average Bonchev–Trinajstić information content (AvgIpc) is 2.97. The van der Waals surface area contributed by atoms with Crippen LogP contribution in [0.4, 0.5) is 0 Å². The summed E-state index contributed by atoms with van der Waals surface area (Å²) in [6.07, 6.45) is 2.36. The maximum absolute atomic E-state index is 8.72. The SMILES string of the molecule is N#Cc1ccc2oc(C3CC3)nc2c1. The van der Waals surface area contributed by atoms with Crippen LogP contribution in [0.2, 0.25) is 0 Å². The normalized spacial score (nSPS) is 15.6. The van der Waals surface area contributed by atoms with E-state index < -0.39 is 0 Å². The van der Waals surface area contributed by atoms with Gasteiger partial charge >= 0.3 is 0 Å². The molecular weight excluding hydrogens is 176 g/mol. The highest BCUT2D eigenvalue weighted by Crippen LogP contribution is 2.40. The lowest BCUT2D eigenvalue weighted by molar-refractivity contribution is 0.533. The highest BCUT2D eigenvalue weighted by Gasteiger charge is 2.28. The van der Waals surface area contributed by atoms with E-state index in [2.05, 4.69) is 11.1 Å². The molecule has 1 fully saturated rings. The summed E-state index contributed by atoms with van der Waals surface area (Å²) < 4.78 is 5.57. The molecule has 1 aliphatic rings. The smallest absolute Gasteiger partial charge is 0.198 e. The van der Waals surface area contributed by atoms with Gasteiger partial charge in [0.25, 0.3) is 0 Å². The standard InChI is InChI=1S/C11H8N2O/c12-6-7-1-4-10-9(5-7)13-11(14-10)8-2-3-8/h1,4-5,8H,2-3H2. The zero-order valence-corrected chi connectivity index (χ0v) is 7.53. The first-order valence-corrected chi connectivity index (χ1v) is 4.67. The molecule has 0 unspecified atom stereocenters. The van der Waals surface area contributed by atoms with E-state index in [-0.39, 0.29) is 0 Å². The maximum atomic E-state index is 8.72. The molecule has 1 saturated carbocycles. The number of rotatable bonds is 1. The van der Waals surface area contributed by atoms with Gasteiger partial charge in [-0.3, -0.25) is 0 Å². The molecule has 1 aromatic heterocycles. The molecule has 0 saturated heterocycles. The maximum Gasteiger partial charge on any atom is 0.198 e. The molecule has 2 aromatic rings. The Morgan fingerprint density at radius 1 is 1.43 bits per heavy atom. The van der Waals surface area contributed by atoms with Gasteiger partial charge in [-0.15, -0.1) is 0 Å². The van der Waals surface area contributed by atoms with Crippen molar-refractivity contribution in [3.05, 3.63) is 29.7 Å². The summed E-state index contributed by atoms with van der Waals surface area (Å²) in [4.78, 5) is 4.37. The predicted molar refractivity (Wildman–Crippen MR) is 50.7 cm³/mol. The Kier molecular flexibility index (Phi) is 1.40. The molecule has 1 aliphatic carbocycles. The first kappa shape index (κ1) is 7.57. The van der Waals surface area contributed by atoms with Crippen molar-refractivity contribution in [1.82, 2.24) is 4.98 Å². The highest BCUT2D eigenvalue weighted by atomic mass is 16.3. The molecule has 0 aliphatic heterocycles. The summed E-state index contributed by atoms with van der Waals surface area (Å²) >= 11 is 0. The van der Waals surface area contributed by atoms with Crippen molar-refractivity contribution >= 4 is 11.1 Å². The van der Waals surface area contributed by atoms with E-state index in [0.717, 1.165) is 17.0 Å². The van der Waals surface area contributed by atoms with Crippen LogP contribution in [0.5, 0.6) is 0 Å². The summed E-state index contributed by atoms with van der Waals surface area (Å²) in [7, 11) is 0. The third kappa shape index (κ3) is 1.08. The zero-order chi connectivity index (χ0) is 9.54. The van der Waals surface area contributed by atoms with Gasteiger partial charge in [-0.25, -0.2) is 4.98 Å². The fourth-order valence-corrected chi connectivity index (χ4v) is 1.52. The Bertz CT molecular complexity index is 532. The lowest BCUT2D eigenvalue weighted by atomic mass is 10.2. The molecule has 0 radical (unpaired) electrons. The molecule has 0 bridgehead atoms. The van der Waals surface area contributed by atoms with Crippen LogP contribution in [0.15, 0.2) is 22.6 Å². The lowest BCUT2D eigenvalue weighted by Crippen LogP contribution is -1.76. The van der Waals surface area contributed by atoms with Gasteiger partial charge in [-0.2, -0.15) is 5.26 Å². The van der Waals surface area contributed by atoms with E-state index in [1.54, 1.807) is 12.1 Å². The molecule has 3 rings (SSSR count). The third-order valence-corrected chi connectivity index (χ3v) is 2.46. The lowest BCUT2D eigenvalue weighted by Gasteiger charge is -1.85. The molecule has 68 valence electrons. The number of oxazole rings is 1. The summed E-state index contributed by atoms with van der Waals surface area (Å²) in [5, 5.41) is 8.72. The largest absolute Gasteiger partial charge is 0.440 e. The second-order valence-electron chi connectivity index (χ2n) is 3.62. The molecule has 0 atom stereocenters. The Morgan fingerprint density at radius 3 is 3.00 bits per heavy atom. The molecule has 0 amide bonds. The van der Waals surface area contributed by atoms with Gasteiger partial charge in [-0.05, 0) is 31.0 Å². The quantitative estimate of drug-likeness (QED) is 0.684. The number of hydrogen-bond acceptors (Lipinski definition) is 3. The van der Waals surface area contributed by atoms with Crippen molar-refractivity contribution in [2.24, 2.45) is 0 Å².